The van der Waals surface area contributed by atoms with Crippen LogP contribution in [0.1, 0.15) is 24.0 Å². The third-order valence-corrected chi connectivity index (χ3v) is 4.18. The van der Waals surface area contributed by atoms with Crippen molar-refractivity contribution in [1.82, 2.24) is 0 Å². The van der Waals surface area contributed by atoms with Gasteiger partial charge in [0.1, 0.15) is 0 Å². The summed E-state index contributed by atoms with van der Waals surface area (Å²) in [5.74, 6) is 0.467. The van der Waals surface area contributed by atoms with Gasteiger partial charge in [-0.05, 0) is 80.6 Å². The van der Waals surface area contributed by atoms with E-state index in [1.165, 1.54) is 18.3 Å². The molecule has 2 aromatic rings. The number of rotatable bonds is 2. The van der Waals surface area contributed by atoms with Gasteiger partial charge in [0.05, 0.1) is 0 Å². The molecule has 0 amide bonds. The molecule has 0 saturated heterocycles. The highest BCUT2D eigenvalue weighted by atomic mass is 127. The zero-order valence-electron chi connectivity index (χ0n) is 8.95. The monoisotopic (exact) mass is 434 g/mol. The highest BCUT2D eigenvalue weighted by molar-refractivity contribution is 14.1. The number of hydrogen-bond donors (Lipinski definition) is 0. The zero-order valence-corrected chi connectivity index (χ0v) is 13.3. The maximum absolute atomic E-state index is 2.34. The summed E-state index contributed by atoms with van der Waals surface area (Å²) < 4.78 is 2.58. The van der Waals surface area contributed by atoms with Crippen molar-refractivity contribution in [3.05, 3.63) is 66.8 Å². The molecular weight excluding hydrogens is 422 g/mol. The molecule has 0 aliphatic rings. The van der Waals surface area contributed by atoms with Crippen LogP contribution in [0, 0.1) is 7.14 Å². The molecule has 0 aliphatic carbocycles. The predicted molar refractivity (Wildman–Crippen MR) is 85.8 cm³/mol. The fourth-order valence-electron chi connectivity index (χ4n) is 1.70. The first-order valence-corrected chi connectivity index (χ1v) is 7.33. The normalized spacial score (nSPS) is 10.8. The van der Waals surface area contributed by atoms with Crippen molar-refractivity contribution >= 4 is 45.2 Å². The van der Waals surface area contributed by atoms with Crippen LogP contribution in [-0.4, -0.2) is 0 Å². The van der Waals surface area contributed by atoms with Crippen LogP contribution in [0.3, 0.4) is 0 Å². The molecule has 0 radical (unpaired) electrons. The van der Waals surface area contributed by atoms with E-state index >= 15 is 0 Å². The molecule has 16 heavy (non-hydrogen) atoms. The number of hydrogen-bond acceptors (Lipinski definition) is 0. The van der Waals surface area contributed by atoms with Gasteiger partial charge < -0.3 is 0 Å². The van der Waals surface area contributed by atoms with Crippen LogP contribution in [0.25, 0.3) is 0 Å². The zero-order chi connectivity index (χ0) is 11.5. The first kappa shape index (κ1) is 12.4. The molecule has 2 aromatic carbocycles. The summed E-state index contributed by atoms with van der Waals surface area (Å²) in [7, 11) is 0. The largest absolute Gasteiger partial charge is 0.0574 e. The Morgan fingerprint density at radius 2 is 1.00 bits per heavy atom. The van der Waals surface area contributed by atoms with Crippen molar-refractivity contribution in [2.45, 2.75) is 12.8 Å². The third kappa shape index (κ3) is 2.97. The average molecular weight is 434 g/mol. The van der Waals surface area contributed by atoms with E-state index in [0.29, 0.717) is 5.92 Å². The van der Waals surface area contributed by atoms with Gasteiger partial charge in [-0.15, -0.1) is 0 Å². The second kappa shape index (κ2) is 5.49. The molecule has 0 N–H and O–H groups in total. The quantitative estimate of drug-likeness (QED) is 0.581. The lowest BCUT2D eigenvalue weighted by atomic mass is 9.93. The Hall–Kier alpha value is -0.100. The molecule has 0 fully saturated rings. The van der Waals surface area contributed by atoms with Crippen LogP contribution in [0.15, 0.2) is 48.5 Å². The third-order valence-electron chi connectivity index (χ3n) is 2.74. The van der Waals surface area contributed by atoms with E-state index in [-0.39, 0.29) is 0 Å². The molecule has 0 aromatic heterocycles. The summed E-state index contributed by atoms with van der Waals surface area (Å²) in [6.45, 7) is 2.25. The first-order valence-electron chi connectivity index (χ1n) is 5.18. The first-order chi connectivity index (χ1) is 7.66. The molecule has 2 heteroatoms. The molecular formula is C14H12I2. The summed E-state index contributed by atoms with van der Waals surface area (Å²) in [6, 6.07) is 17.5. The molecule has 0 atom stereocenters. The fraction of sp³-hybridized carbons (Fsp3) is 0.143. The molecule has 2 rings (SSSR count). The van der Waals surface area contributed by atoms with Crippen LogP contribution < -0.4 is 0 Å². The lowest BCUT2D eigenvalue weighted by molar-refractivity contribution is 0.921. The van der Waals surface area contributed by atoms with Crippen molar-refractivity contribution in [2.75, 3.05) is 0 Å². The van der Waals surface area contributed by atoms with Gasteiger partial charge >= 0.3 is 0 Å². The predicted octanol–water partition coefficient (Wildman–Crippen LogP) is 5.05. The van der Waals surface area contributed by atoms with Gasteiger partial charge in [-0.3, -0.25) is 0 Å². The SMILES string of the molecule is CC(c1ccc(I)cc1)c1ccc(I)cc1. The van der Waals surface area contributed by atoms with E-state index in [1.807, 2.05) is 0 Å². The Balaban J connectivity index is 2.28. The summed E-state index contributed by atoms with van der Waals surface area (Å²) >= 11 is 4.68. The van der Waals surface area contributed by atoms with Crippen molar-refractivity contribution < 1.29 is 0 Å². The average Bonchev–Trinajstić information content (AvgIpc) is 2.30. The van der Waals surface area contributed by atoms with E-state index in [4.69, 9.17) is 0 Å². The van der Waals surface area contributed by atoms with Gasteiger partial charge in [-0.25, -0.2) is 0 Å². The highest BCUT2D eigenvalue weighted by Gasteiger charge is 2.07. The molecule has 0 bridgehead atoms. The molecule has 0 aliphatic heterocycles. The topological polar surface area (TPSA) is 0 Å². The number of benzene rings is 2. The lowest BCUT2D eigenvalue weighted by Gasteiger charge is -2.12. The van der Waals surface area contributed by atoms with E-state index in [0.717, 1.165) is 0 Å². The van der Waals surface area contributed by atoms with E-state index < -0.39 is 0 Å². The van der Waals surface area contributed by atoms with Gasteiger partial charge in [0, 0.05) is 13.1 Å². The van der Waals surface area contributed by atoms with Crippen molar-refractivity contribution in [2.24, 2.45) is 0 Å². The maximum atomic E-state index is 2.34. The van der Waals surface area contributed by atoms with Gasteiger partial charge in [0.2, 0.25) is 0 Å². The Kier molecular flexibility index (Phi) is 4.24. The summed E-state index contributed by atoms with van der Waals surface area (Å²) in [5.41, 5.74) is 2.75. The Bertz CT molecular complexity index is 412. The minimum atomic E-state index is 0.467. The van der Waals surface area contributed by atoms with Crippen LogP contribution >= 0.6 is 45.2 Å². The minimum absolute atomic E-state index is 0.467. The molecule has 0 unspecified atom stereocenters. The second-order valence-corrected chi connectivity index (χ2v) is 6.32. The van der Waals surface area contributed by atoms with E-state index in [9.17, 15) is 0 Å². The summed E-state index contributed by atoms with van der Waals surface area (Å²) in [4.78, 5) is 0. The summed E-state index contributed by atoms with van der Waals surface area (Å²) in [5, 5.41) is 0. The molecule has 0 spiro atoms. The summed E-state index contributed by atoms with van der Waals surface area (Å²) in [6.07, 6.45) is 0. The molecule has 82 valence electrons. The van der Waals surface area contributed by atoms with Gasteiger partial charge in [0.15, 0.2) is 0 Å². The Morgan fingerprint density at radius 1 is 0.688 bits per heavy atom. The Labute approximate surface area is 124 Å². The highest BCUT2D eigenvalue weighted by Crippen LogP contribution is 2.25. The lowest BCUT2D eigenvalue weighted by Crippen LogP contribution is -1.95. The smallest absolute Gasteiger partial charge is 0.0130 e. The Morgan fingerprint density at radius 3 is 1.31 bits per heavy atom. The standard InChI is InChI=1S/C14H12I2/c1-10(11-2-6-13(15)7-3-11)12-4-8-14(16)9-5-12/h2-10H,1H3. The van der Waals surface area contributed by atoms with Crippen LogP contribution in [-0.2, 0) is 0 Å². The molecule has 0 nitrogen and oxygen atoms in total. The minimum Gasteiger partial charge on any atom is -0.0574 e. The second-order valence-electron chi connectivity index (χ2n) is 3.82. The molecule has 0 heterocycles. The van der Waals surface area contributed by atoms with Gasteiger partial charge in [-0.1, -0.05) is 31.2 Å². The van der Waals surface area contributed by atoms with E-state index in [2.05, 4.69) is 101 Å². The van der Waals surface area contributed by atoms with Crippen molar-refractivity contribution in [3.63, 3.8) is 0 Å². The van der Waals surface area contributed by atoms with Crippen LogP contribution in [0.5, 0.6) is 0 Å². The van der Waals surface area contributed by atoms with Gasteiger partial charge in [0.25, 0.3) is 0 Å². The number of halogens is 2. The van der Waals surface area contributed by atoms with Gasteiger partial charge in [-0.2, -0.15) is 0 Å². The molecule has 0 saturated carbocycles. The fourth-order valence-corrected chi connectivity index (χ4v) is 2.41. The maximum Gasteiger partial charge on any atom is 0.0130 e. The van der Waals surface area contributed by atoms with Crippen molar-refractivity contribution in [1.29, 1.82) is 0 Å². The van der Waals surface area contributed by atoms with E-state index in [1.54, 1.807) is 0 Å². The van der Waals surface area contributed by atoms with Crippen LogP contribution in [0.2, 0.25) is 0 Å². The van der Waals surface area contributed by atoms with Crippen LogP contribution in [0.4, 0.5) is 0 Å². The van der Waals surface area contributed by atoms with Crippen molar-refractivity contribution in [3.8, 4) is 0 Å².